The van der Waals surface area contributed by atoms with Gasteiger partial charge in [0.2, 0.25) is 0 Å². The van der Waals surface area contributed by atoms with Crippen molar-refractivity contribution in [1.82, 2.24) is 14.5 Å². The highest BCUT2D eigenvalue weighted by molar-refractivity contribution is 7.89. The summed E-state index contributed by atoms with van der Waals surface area (Å²) < 4.78 is 29.6. The summed E-state index contributed by atoms with van der Waals surface area (Å²) >= 11 is 0. The summed E-state index contributed by atoms with van der Waals surface area (Å²) in [7, 11) is -2.23. The van der Waals surface area contributed by atoms with E-state index in [9.17, 15) is 13.2 Å². The number of carbonyl (C=O) groups is 1. The van der Waals surface area contributed by atoms with Gasteiger partial charge in [-0.05, 0) is 36.8 Å². The van der Waals surface area contributed by atoms with E-state index in [0.29, 0.717) is 16.5 Å². The first kappa shape index (κ1) is 17.1. The number of fused-ring (bicyclic) bond motifs is 1. The molecule has 0 amide bonds. The van der Waals surface area contributed by atoms with Crippen LogP contribution in [-0.2, 0) is 17.1 Å². The third-order valence-corrected chi connectivity index (χ3v) is 5.59. The van der Waals surface area contributed by atoms with Gasteiger partial charge in [0.15, 0.2) is 5.03 Å². The third kappa shape index (κ3) is 3.26. The second kappa shape index (κ2) is 6.30. The van der Waals surface area contributed by atoms with Gasteiger partial charge in [-0.2, -0.15) is 5.10 Å². The van der Waals surface area contributed by atoms with E-state index < -0.39 is 22.0 Å². The fourth-order valence-corrected chi connectivity index (χ4v) is 4.28. The molecular weight excluding hydrogens is 342 g/mol. The van der Waals surface area contributed by atoms with Gasteiger partial charge >= 0.3 is 5.97 Å². The predicted octanol–water partition coefficient (Wildman–Crippen LogP) is 2.31. The highest BCUT2D eigenvalue weighted by Crippen LogP contribution is 2.24. The fourth-order valence-electron chi connectivity index (χ4n) is 2.71. The second-order valence-electron chi connectivity index (χ2n) is 5.72. The van der Waals surface area contributed by atoms with Gasteiger partial charge in [-0.1, -0.05) is 24.3 Å². The van der Waals surface area contributed by atoms with Crippen molar-refractivity contribution in [2.45, 2.75) is 18.0 Å². The van der Waals surface area contributed by atoms with Crippen LogP contribution >= 0.6 is 0 Å². The molecule has 2 aromatic carbocycles. The lowest BCUT2D eigenvalue weighted by Crippen LogP contribution is -2.28. The molecule has 0 aliphatic heterocycles. The van der Waals surface area contributed by atoms with Crippen molar-refractivity contribution in [3.63, 3.8) is 0 Å². The molecule has 3 aromatic rings. The molecule has 0 aliphatic rings. The zero-order chi connectivity index (χ0) is 18.2. The molecule has 130 valence electrons. The first-order valence-corrected chi connectivity index (χ1v) is 9.05. The van der Waals surface area contributed by atoms with Gasteiger partial charge in [0, 0.05) is 18.5 Å². The Labute approximate surface area is 145 Å². The number of carboxylic acid groups (broad SMARTS) is 1. The molecule has 3 rings (SSSR count). The van der Waals surface area contributed by atoms with Gasteiger partial charge in [-0.15, -0.1) is 0 Å². The Kier molecular flexibility index (Phi) is 4.32. The number of hydrogen-bond donors (Lipinski definition) is 2. The van der Waals surface area contributed by atoms with Gasteiger partial charge in [0.25, 0.3) is 10.0 Å². The quantitative estimate of drug-likeness (QED) is 0.728. The molecule has 0 unspecified atom stereocenters. The largest absolute Gasteiger partial charge is 0.478 e. The molecule has 0 fully saturated rings. The normalized spacial score (nSPS) is 13.0. The average molecular weight is 359 g/mol. The lowest BCUT2D eigenvalue weighted by atomic mass is 10.1. The van der Waals surface area contributed by atoms with E-state index >= 15 is 0 Å². The fraction of sp³-hybridized carbons (Fsp3) is 0.176. The van der Waals surface area contributed by atoms with Crippen LogP contribution in [0.3, 0.4) is 0 Å². The van der Waals surface area contributed by atoms with Crippen LogP contribution in [0, 0.1) is 0 Å². The molecule has 0 saturated heterocycles. The summed E-state index contributed by atoms with van der Waals surface area (Å²) in [5.41, 5.74) is 1.42. The van der Waals surface area contributed by atoms with Crippen LogP contribution in [0.25, 0.3) is 10.9 Å². The topological polar surface area (TPSA) is 101 Å². The molecule has 8 heteroatoms. The zero-order valence-electron chi connectivity index (χ0n) is 13.7. The lowest BCUT2D eigenvalue weighted by Gasteiger charge is -2.15. The summed E-state index contributed by atoms with van der Waals surface area (Å²) in [6.45, 7) is 1.70. The van der Waals surface area contributed by atoms with Crippen molar-refractivity contribution in [2.75, 3.05) is 0 Å². The summed E-state index contributed by atoms with van der Waals surface area (Å²) in [5.74, 6) is -1.03. The van der Waals surface area contributed by atoms with E-state index in [1.54, 1.807) is 50.4 Å². The molecular formula is C17H17N3O4S. The number of aryl methyl sites for hydroxylation is 1. The third-order valence-electron chi connectivity index (χ3n) is 3.93. The van der Waals surface area contributed by atoms with Crippen molar-refractivity contribution in [3.05, 3.63) is 59.7 Å². The number of sulfonamides is 1. The van der Waals surface area contributed by atoms with E-state index in [1.165, 1.54) is 16.8 Å². The van der Waals surface area contributed by atoms with Gasteiger partial charge in [0.1, 0.15) is 0 Å². The molecule has 1 atom stereocenters. The molecule has 25 heavy (non-hydrogen) atoms. The number of aromatic carboxylic acids is 1. The van der Waals surface area contributed by atoms with Crippen molar-refractivity contribution < 1.29 is 18.3 Å². The minimum Gasteiger partial charge on any atom is -0.478 e. The molecule has 0 aliphatic carbocycles. The molecule has 1 aromatic heterocycles. The molecule has 0 radical (unpaired) electrons. The minimum atomic E-state index is -3.81. The monoisotopic (exact) mass is 359 g/mol. The number of nitrogens with zero attached hydrogens (tertiary/aromatic N) is 2. The SMILES string of the molecule is C[C@H](NS(=O)(=O)c1c2ccccc2nn1C)c1ccc(C(=O)O)cc1. The van der Waals surface area contributed by atoms with E-state index in [-0.39, 0.29) is 10.6 Å². The highest BCUT2D eigenvalue weighted by Gasteiger charge is 2.25. The van der Waals surface area contributed by atoms with Crippen LogP contribution < -0.4 is 4.72 Å². The second-order valence-corrected chi connectivity index (χ2v) is 7.35. The van der Waals surface area contributed by atoms with Crippen molar-refractivity contribution in [3.8, 4) is 0 Å². The number of rotatable bonds is 5. The Morgan fingerprint density at radius 1 is 1.16 bits per heavy atom. The molecule has 0 saturated carbocycles. The minimum absolute atomic E-state index is 0.0945. The van der Waals surface area contributed by atoms with Crippen LogP contribution in [0.5, 0.6) is 0 Å². The molecule has 0 bridgehead atoms. The molecule has 2 N–H and O–H groups in total. The molecule has 1 heterocycles. The van der Waals surface area contributed by atoms with Gasteiger partial charge in [-0.25, -0.2) is 17.9 Å². The average Bonchev–Trinajstić information content (AvgIpc) is 2.91. The highest BCUT2D eigenvalue weighted by atomic mass is 32.2. The summed E-state index contributed by atoms with van der Waals surface area (Å²) in [4.78, 5) is 10.9. The van der Waals surface area contributed by atoms with Crippen LogP contribution in [-0.4, -0.2) is 29.3 Å². The van der Waals surface area contributed by atoms with E-state index in [1.807, 2.05) is 0 Å². The van der Waals surface area contributed by atoms with Crippen LogP contribution in [0.4, 0.5) is 0 Å². The maximum atomic E-state index is 12.8. The number of aromatic nitrogens is 2. The number of nitrogens with one attached hydrogen (secondary N) is 1. The van der Waals surface area contributed by atoms with E-state index in [0.717, 1.165) is 0 Å². The van der Waals surface area contributed by atoms with Crippen LogP contribution in [0.15, 0.2) is 53.6 Å². The van der Waals surface area contributed by atoms with Crippen molar-refractivity contribution >= 4 is 26.9 Å². The predicted molar refractivity (Wildman–Crippen MR) is 92.9 cm³/mol. The Morgan fingerprint density at radius 3 is 2.44 bits per heavy atom. The maximum Gasteiger partial charge on any atom is 0.335 e. The Hall–Kier alpha value is -2.71. The smallest absolute Gasteiger partial charge is 0.335 e. The summed E-state index contributed by atoms with van der Waals surface area (Å²) in [6.07, 6.45) is 0. The Bertz CT molecular complexity index is 1040. The number of carboxylic acids is 1. The summed E-state index contributed by atoms with van der Waals surface area (Å²) in [5, 5.41) is 13.8. The molecule has 0 spiro atoms. The standard InChI is InChI=1S/C17H17N3O4S/c1-11(12-7-9-13(10-8-12)17(21)22)19-25(23,24)16-14-5-3-4-6-15(14)18-20(16)2/h3-11,19H,1-2H3,(H,21,22)/t11-/m0/s1. The van der Waals surface area contributed by atoms with Crippen LogP contribution in [0.2, 0.25) is 0 Å². The van der Waals surface area contributed by atoms with Gasteiger partial charge in [0.05, 0.1) is 11.1 Å². The number of hydrogen-bond acceptors (Lipinski definition) is 4. The maximum absolute atomic E-state index is 12.8. The van der Waals surface area contributed by atoms with Gasteiger partial charge < -0.3 is 5.11 Å². The first-order valence-electron chi connectivity index (χ1n) is 7.57. The van der Waals surface area contributed by atoms with E-state index in [4.69, 9.17) is 5.11 Å². The zero-order valence-corrected chi connectivity index (χ0v) is 14.5. The Balaban J connectivity index is 1.92. The van der Waals surface area contributed by atoms with Crippen molar-refractivity contribution in [2.24, 2.45) is 7.05 Å². The van der Waals surface area contributed by atoms with Crippen molar-refractivity contribution in [1.29, 1.82) is 0 Å². The first-order chi connectivity index (χ1) is 11.8. The number of benzene rings is 2. The van der Waals surface area contributed by atoms with Crippen LogP contribution in [0.1, 0.15) is 28.9 Å². The van der Waals surface area contributed by atoms with E-state index in [2.05, 4.69) is 9.82 Å². The Morgan fingerprint density at radius 2 is 1.80 bits per heavy atom. The molecule has 7 nitrogen and oxygen atoms in total. The lowest BCUT2D eigenvalue weighted by molar-refractivity contribution is 0.0697. The summed E-state index contributed by atoms with van der Waals surface area (Å²) in [6, 6.07) is 12.6. The van der Waals surface area contributed by atoms with Gasteiger partial charge in [-0.3, -0.25) is 4.68 Å².